The van der Waals surface area contributed by atoms with E-state index in [2.05, 4.69) is 11.2 Å². The summed E-state index contributed by atoms with van der Waals surface area (Å²) in [5.74, 6) is 2.28. The molecule has 1 amide bonds. The molecule has 2 aromatic rings. The molecule has 1 N–H and O–H groups in total. The number of hydrogen-bond acceptors (Lipinski definition) is 7. The lowest BCUT2D eigenvalue weighted by atomic mass is 9.95. The molecule has 1 aromatic carbocycles. The number of nitriles is 1. The summed E-state index contributed by atoms with van der Waals surface area (Å²) in [4.78, 5) is 26.7. The smallest absolute Gasteiger partial charge is 0.341 e. The summed E-state index contributed by atoms with van der Waals surface area (Å²) in [5, 5.41) is 12.8. The van der Waals surface area contributed by atoms with Gasteiger partial charge < -0.3 is 19.5 Å². The average Bonchev–Trinajstić information content (AvgIpc) is 3.20. The molecule has 0 saturated carbocycles. The highest BCUT2D eigenvalue weighted by Gasteiger charge is 2.27. The Kier molecular flexibility index (Phi) is 8.73. The molecular weight excluding hydrogens is 452 g/mol. The lowest BCUT2D eigenvalue weighted by Gasteiger charge is -2.12. The number of nitrogens with one attached hydrogen (secondary N) is 1. The molecule has 0 unspecified atom stereocenters. The van der Waals surface area contributed by atoms with Gasteiger partial charge in [-0.1, -0.05) is 12.0 Å². The number of fused-ring (bicyclic) bond motifs is 1. The zero-order valence-corrected chi connectivity index (χ0v) is 20.0. The van der Waals surface area contributed by atoms with Crippen molar-refractivity contribution in [2.75, 3.05) is 25.1 Å². The third-order valence-corrected chi connectivity index (χ3v) is 6.34. The quantitative estimate of drug-likeness (QED) is 0.242. The topological polar surface area (TPSA) is 97.7 Å². The van der Waals surface area contributed by atoms with Crippen molar-refractivity contribution in [2.45, 2.75) is 39.5 Å². The van der Waals surface area contributed by atoms with Crippen LogP contribution in [0.15, 0.2) is 23.8 Å². The molecular formula is C26H26N2O5S. The van der Waals surface area contributed by atoms with Crippen LogP contribution in [0.3, 0.4) is 0 Å². The number of benzene rings is 1. The van der Waals surface area contributed by atoms with Crippen molar-refractivity contribution in [1.29, 1.82) is 5.26 Å². The molecule has 0 saturated heterocycles. The van der Waals surface area contributed by atoms with Crippen molar-refractivity contribution in [3.05, 3.63) is 45.3 Å². The van der Waals surface area contributed by atoms with Crippen LogP contribution in [0.2, 0.25) is 0 Å². The van der Waals surface area contributed by atoms with Crippen LogP contribution in [0.5, 0.6) is 11.5 Å². The zero-order chi connectivity index (χ0) is 24.5. The summed E-state index contributed by atoms with van der Waals surface area (Å²) in [7, 11) is 0. The first-order chi connectivity index (χ1) is 16.5. The predicted molar refractivity (Wildman–Crippen MR) is 131 cm³/mol. The molecule has 7 nitrogen and oxygen atoms in total. The molecule has 3 rings (SSSR count). The fraction of sp³-hybridized carbons (Fsp3) is 0.346. The first-order valence-electron chi connectivity index (χ1n) is 11.1. The first kappa shape index (κ1) is 24.9. The van der Waals surface area contributed by atoms with Crippen molar-refractivity contribution < 1.29 is 23.8 Å². The van der Waals surface area contributed by atoms with Gasteiger partial charge in [0.1, 0.15) is 23.3 Å². The van der Waals surface area contributed by atoms with Crippen LogP contribution in [-0.4, -0.2) is 31.7 Å². The van der Waals surface area contributed by atoms with Crippen molar-refractivity contribution in [3.63, 3.8) is 0 Å². The maximum Gasteiger partial charge on any atom is 0.341 e. The second kappa shape index (κ2) is 11.9. The summed E-state index contributed by atoms with van der Waals surface area (Å²) < 4.78 is 16.3. The van der Waals surface area contributed by atoms with Crippen LogP contribution in [0.1, 0.15) is 53.1 Å². The van der Waals surface area contributed by atoms with E-state index in [1.54, 1.807) is 25.1 Å². The van der Waals surface area contributed by atoms with Crippen molar-refractivity contribution in [3.8, 4) is 29.9 Å². The minimum Gasteiger partial charge on any atom is -0.490 e. The molecule has 1 aliphatic rings. The Morgan fingerprint density at radius 2 is 1.97 bits per heavy atom. The highest BCUT2D eigenvalue weighted by Crippen LogP contribution is 2.39. The summed E-state index contributed by atoms with van der Waals surface area (Å²) >= 11 is 1.38. The van der Waals surface area contributed by atoms with Crippen LogP contribution < -0.4 is 14.8 Å². The van der Waals surface area contributed by atoms with E-state index in [9.17, 15) is 14.9 Å². The van der Waals surface area contributed by atoms with Crippen molar-refractivity contribution >= 4 is 34.3 Å². The minimum atomic E-state index is -0.600. The molecule has 0 fully saturated rings. The van der Waals surface area contributed by atoms with E-state index in [-0.39, 0.29) is 18.8 Å². The Bertz CT molecular complexity index is 1180. The predicted octanol–water partition coefficient (Wildman–Crippen LogP) is 4.76. The highest BCUT2D eigenvalue weighted by atomic mass is 32.1. The average molecular weight is 479 g/mol. The number of thiophene rings is 1. The second-order valence-electron chi connectivity index (χ2n) is 7.39. The number of terminal acetylenes is 1. The molecule has 0 bridgehead atoms. The van der Waals surface area contributed by atoms with Gasteiger partial charge in [0.05, 0.1) is 18.8 Å². The van der Waals surface area contributed by atoms with Gasteiger partial charge in [-0.2, -0.15) is 5.26 Å². The number of rotatable bonds is 9. The number of ether oxygens (including phenoxy) is 3. The number of nitrogens with zero attached hydrogens (tertiary/aromatic N) is 1. The molecule has 0 radical (unpaired) electrons. The van der Waals surface area contributed by atoms with Crippen LogP contribution in [0, 0.1) is 23.7 Å². The van der Waals surface area contributed by atoms with E-state index < -0.39 is 11.9 Å². The highest BCUT2D eigenvalue weighted by molar-refractivity contribution is 7.17. The fourth-order valence-corrected chi connectivity index (χ4v) is 4.95. The second-order valence-corrected chi connectivity index (χ2v) is 8.50. The largest absolute Gasteiger partial charge is 0.490 e. The summed E-state index contributed by atoms with van der Waals surface area (Å²) in [6.45, 7) is 4.32. The van der Waals surface area contributed by atoms with Crippen LogP contribution >= 0.6 is 11.3 Å². The molecule has 34 heavy (non-hydrogen) atoms. The van der Waals surface area contributed by atoms with Crippen molar-refractivity contribution in [1.82, 2.24) is 0 Å². The van der Waals surface area contributed by atoms with E-state index >= 15 is 0 Å². The third-order valence-electron chi connectivity index (χ3n) is 5.13. The Hall–Kier alpha value is -3.75. The molecule has 0 aliphatic heterocycles. The Morgan fingerprint density at radius 1 is 1.18 bits per heavy atom. The molecule has 1 heterocycles. The number of esters is 1. The van der Waals surface area contributed by atoms with E-state index in [0.29, 0.717) is 34.2 Å². The first-order valence-corrected chi connectivity index (χ1v) is 11.9. The maximum atomic E-state index is 13.0. The van der Waals surface area contributed by atoms with Gasteiger partial charge in [-0.25, -0.2) is 4.79 Å². The molecule has 1 aromatic heterocycles. The number of carbonyl (C=O) groups is 2. The van der Waals surface area contributed by atoms with Gasteiger partial charge in [-0.05, 0) is 68.9 Å². The van der Waals surface area contributed by atoms with Gasteiger partial charge in [0, 0.05) is 4.88 Å². The summed E-state index contributed by atoms with van der Waals surface area (Å²) in [6, 6.07) is 7.00. The number of amides is 1. The van der Waals surface area contributed by atoms with Gasteiger partial charge >= 0.3 is 5.97 Å². The van der Waals surface area contributed by atoms with Gasteiger partial charge in [-0.15, -0.1) is 17.8 Å². The van der Waals surface area contributed by atoms with Crippen molar-refractivity contribution in [2.24, 2.45) is 0 Å². The Balaban J connectivity index is 1.89. The van der Waals surface area contributed by atoms with Crippen LogP contribution in [0.25, 0.3) is 6.08 Å². The summed E-state index contributed by atoms with van der Waals surface area (Å²) in [6.07, 6.45) is 10.4. The Morgan fingerprint density at radius 3 is 2.68 bits per heavy atom. The van der Waals surface area contributed by atoms with Gasteiger partial charge in [0.25, 0.3) is 5.91 Å². The molecule has 0 spiro atoms. The molecule has 176 valence electrons. The van der Waals surface area contributed by atoms with Gasteiger partial charge in [0.2, 0.25) is 0 Å². The van der Waals surface area contributed by atoms with E-state index in [0.717, 1.165) is 36.1 Å². The lowest BCUT2D eigenvalue weighted by Crippen LogP contribution is -2.16. The van der Waals surface area contributed by atoms with Gasteiger partial charge in [0.15, 0.2) is 11.5 Å². The Labute approximate surface area is 203 Å². The zero-order valence-electron chi connectivity index (χ0n) is 19.2. The van der Waals surface area contributed by atoms with Crippen LogP contribution in [-0.2, 0) is 22.4 Å². The minimum absolute atomic E-state index is 0.0920. The standard InChI is InChI=1S/C26H26N2O5S/c1-4-13-33-20-12-11-17(15-21(20)31-5-2)14-18(16-27)24(29)28-25-23(26(30)32-6-3)19-9-7-8-10-22(19)34-25/h1,11-12,14-15H,5-10,13H2,2-3H3,(H,28,29)/b18-14+. The van der Waals surface area contributed by atoms with E-state index in [1.165, 1.54) is 17.4 Å². The summed E-state index contributed by atoms with van der Waals surface area (Å²) in [5.41, 5.74) is 1.82. The molecule has 8 heteroatoms. The number of aryl methyl sites for hydroxylation is 1. The lowest BCUT2D eigenvalue weighted by molar-refractivity contribution is -0.112. The monoisotopic (exact) mass is 478 g/mol. The maximum absolute atomic E-state index is 13.0. The fourth-order valence-electron chi connectivity index (χ4n) is 3.68. The van der Waals surface area contributed by atoms with E-state index in [4.69, 9.17) is 20.6 Å². The van der Waals surface area contributed by atoms with Crippen LogP contribution in [0.4, 0.5) is 5.00 Å². The third kappa shape index (κ3) is 5.78. The molecule has 0 atom stereocenters. The van der Waals surface area contributed by atoms with Gasteiger partial charge in [-0.3, -0.25) is 4.79 Å². The molecule has 1 aliphatic carbocycles. The van der Waals surface area contributed by atoms with E-state index in [1.807, 2.05) is 13.0 Å². The normalized spacial score (nSPS) is 12.6. The number of anilines is 1. The SMILES string of the molecule is C#CCOc1ccc(/C=C(\C#N)C(=O)Nc2sc3c(c2C(=O)OCC)CCCC3)cc1OCC. The number of carbonyl (C=O) groups excluding carboxylic acids is 2. The number of hydrogen-bond donors (Lipinski definition) is 1.